The van der Waals surface area contributed by atoms with Crippen LogP contribution in [-0.4, -0.2) is 46.4 Å². The SMILES string of the molecule is Fc1cnc(N2CCO[C@@H]3[C@@H](Oc4cccnc4)CC[C@H]32)nc1. The summed E-state index contributed by atoms with van der Waals surface area (Å²) in [7, 11) is 0. The molecule has 0 N–H and O–H groups in total. The van der Waals surface area contributed by atoms with Gasteiger partial charge >= 0.3 is 0 Å². The predicted molar refractivity (Wildman–Crippen MR) is 80.8 cm³/mol. The van der Waals surface area contributed by atoms with Gasteiger partial charge in [0.2, 0.25) is 5.95 Å². The average Bonchev–Trinajstić information content (AvgIpc) is 3.00. The molecule has 1 aliphatic carbocycles. The van der Waals surface area contributed by atoms with Crippen LogP contribution in [0.5, 0.6) is 5.75 Å². The lowest BCUT2D eigenvalue weighted by atomic mass is 10.1. The summed E-state index contributed by atoms with van der Waals surface area (Å²) in [5.41, 5.74) is 0. The lowest BCUT2D eigenvalue weighted by Crippen LogP contribution is -2.53. The highest BCUT2D eigenvalue weighted by Gasteiger charge is 2.45. The van der Waals surface area contributed by atoms with E-state index in [2.05, 4.69) is 19.9 Å². The molecule has 0 aromatic carbocycles. The Bertz CT molecular complexity index is 655. The Balaban J connectivity index is 1.51. The highest BCUT2D eigenvalue weighted by molar-refractivity contribution is 5.34. The molecule has 120 valence electrons. The molecule has 3 heterocycles. The maximum absolute atomic E-state index is 13.0. The van der Waals surface area contributed by atoms with Gasteiger partial charge in [0.25, 0.3) is 0 Å². The summed E-state index contributed by atoms with van der Waals surface area (Å²) in [5, 5.41) is 0. The highest BCUT2D eigenvalue weighted by atomic mass is 19.1. The van der Waals surface area contributed by atoms with Gasteiger partial charge in [0.15, 0.2) is 5.82 Å². The molecule has 1 saturated heterocycles. The van der Waals surface area contributed by atoms with Crippen molar-refractivity contribution < 1.29 is 13.9 Å². The summed E-state index contributed by atoms with van der Waals surface area (Å²) < 4.78 is 25.0. The van der Waals surface area contributed by atoms with Crippen molar-refractivity contribution in [3.63, 3.8) is 0 Å². The molecule has 1 saturated carbocycles. The smallest absolute Gasteiger partial charge is 0.225 e. The fourth-order valence-electron chi connectivity index (χ4n) is 3.34. The van der Waals surface area contributed by atoms with Crippen molar-refractivity contribution in [2.75, 3.05) is 18.1 Å². The molecule has 0 amide bonds. The molecule has 0 spiro atoms. The lowest BCUT2D eigenvalue weighted by Gasteiger charge is -2.38. The number of fused-ring (bicyclic) bond motifs is 1. The van der Waals surface area contributed by atoms with Crippen molar-refractivity contribution in [2.45, 2.75) is 31.1 Å². The highest BCUT2D eigenvalue weighted by Crippen LogP contribution is 2.34. The normalized spacial score (nSPS) is 26.8. The molecule has 4 rings (SSSR count). The molecule has 6 nitrogen and oxygen atoms in total. The monoisotopic (exact) mass is 316 g/mol. The van der Waals surface area contributed by atoms with Gasteiger partial charge in [-0.25, -0.2) is 14.4 Å². The van der Waals surface area contributed by atoms with Crippen molar-refractivity contribution in [1.29, 1.82) is 0 Å². The first-order valence-electron chi connectivity index (χ1n) is 7.74. The maximum Gasteiger partial charge on any atom is 0.225 e. The predicted octanol–water partition coefficient (Wildman–Crippen LogP) is 1.83. The molecule has 2 aromatic rings. The first-order chi connectivity index (χ1) is 11.3. The second-order valence-corrected chi connectivity index (χ2v) is 5.72. The van der Waals surface area contributed by atoms with Crippen molar-refractivity contribution in [3.05, 3.63) is 42.7 Å². The minimum atomic E-state index is -0.428. The second-order valence-electron chi connectivity index (χ2n) is 5.72. The van der Waals surface area contributed by atoms with E-state index in [9.17, 15) is 4.39 Å². The molecule has 1 aliphatic heterocycles. The fourth-order valence-corrected chi connectivity index (χ4v) is 3.34. The summed E-state index contributed by atoms with van der Waals surface area (Å²) in [6.45, 7) is 1.28. The van der Waals surface area contributed by atoms with Gasteiger partial charge in [0.1, 0.15) is 18.0 Å². The van der Waals surface area contributed by atoms with Crippen LogP contribution >= 0.6 is 0 Å². The number of halogens is 1. The molecule has 2 fully saturated rings. The second kappa shape index (κ2) is 6.08. The largest absolute Gasteiger partial charge is 0.486 e. The van der Waals surface area contributed by atoms with Crippen LogP contribution in [0, 0.1) is 5.82 Å². The summed E-state index contributed by atoms with van der Waals surface area (Å²) in [4.78, 5) is 14.4. The van der Waals surface area contributed by atoms with Crippen molar-refractivity contribution in [1.82, 2.24) is 15.0 Å². The van der Waals surface area contributed by atoms with E-state index < -0.39 is 5.82 Å². The molecule has 2 aromatic heterocycles. The van der Waals surface area contributed by atoms with Gasteiger partial charge in [-0.05, 0) is 25.0 Å². The third-order valence-electron chi connectivity index (χ3n) is 4.32. The van der Waals surface area contributed by atoms with E-state index >= 15 is 0 Å². The van der Waals surface area contributed by atoms with Gasteiger partial charge in [-0.1, -0.05) is 0 Å². The van der Waals surface area contributed by atoms with E-state index in [1.807, 2.05) is 12.1 Å². The number of nitrogens with zero attached hydrogens (tertiary/aromatic N) is 4. The zero-order valence-corrected chi connectivity index (χ0v) is 12.5. The Morgan fingerprint density at radius 1 is 1.22 bits per heavy atom. The van der Waals surface area contributed by atoms with E-state index in [0.29, 0.717) is 19.1 Å². The first kappa shape index (κ1) is 14.3. The number of morpholine rings is 1. The Morgan fingerprint density at radius 3 is 2.87 bits per heavy atom. The summed E-state index contributed by atoms with van der Waals surface area (Å²) in [5.74, 6) is 0.867. The topological polar surface area (TPSA) is 60.4 Å². The van der Waals surface area contributed by atoms with Gasteiger partial charge in [-0.15, -0.1) is 0 Å². The molecule has 7 heteroatoms. The van der Waals surface area contributed by atoms with E-state index in [1.165, 1.54) is 12.4 Å². The van der Waals surface area contributed by atoms with Crippen LogP contribution in [0.25, 0.3) is 0 Å². The zero-order valence-electron chi connectivity index (χ0n) is 12.5. The molecule has 23 heavy (non-hydrogen) atoms. The molecule has 3 atom stereocenters. The molecule has 2 aliphatic rings. The molecular formula is C16H17FN4O2. The van der Waals surface area contributed by atoms with Crippen molar-refractivity contribution >= 4 is 5.95 Å². The average molecular weight is 316 g/mol. The third-order valence-corrected chi connectivity index (χ3v) is 4.32. The Morgan fingerprint density at radius 2 is 2.09 bits per heavy atom. The molecule has 0 bridgehead atoms. The summed E-state index contributed by atoms with van der Waals surface area (Å²) in [6, 6.07) is 3.89. The molecular weight excluding hydrogens is 299 g/mol. The Kier molecular flexibility index (Phi) is 3.78. The summed E-state index contributed by atoms with van der Waals surface area (Å²) in [6.07, 6.45) is 7.58. The minimum absolute atomic E-state index is 0.0209. The van der Waals surface area contributed by atoms with Gasteiger partial charge in [-0.3, -0.25) is 4.98 Å². The van der Waals surface area contributed by atoms with Crippen LogP contribution in [0.2, 0.25) is 0 Å². The maximum atomic E-state index is 13.0. The van der Waals surface area contributed by atoms with Crippen LogP contribution in [0.3, 0.4) is 0 Å². The van der Waals surface area contributed by atoms with Crippen LogP contribution in [-0.2, 0) is 4.74 Å². The third kappa shape index (κ3) is 2.84. The number of ether oxygens (including phenoxy) is 2. The van der Waals surface area contributed by atoms with Crippen LogP contribution < -0.4 is 9.64 Å². The van der Waals surface area contributed by atoms with Crippen molar-refractivity contribution in [3.8, 4) is 5.75 Å². The standard InChI is InChI=1S/C16H17FN4O2/c17-11-8-19-16(20-9-11)21-6-7-22-15-13(21)3-4-14(15)23-12-2-1-5-18-10-12/h1-2,5,8-10,13-15H,3-4,6-7H2/t13-,14+,15+/m1/s1. The Labute approximate surface area is 133 Å². The van der Waals surface area contributed by atoms with Gasteiger partial charge < -0.3 is 14.4 Å². The van der Waals surface area contributed by atoms with Gasteiger partial charge in [0, 0.05) is 12.7 Å². The van der Waals surface area contributed by atoms with E-state index in [1.54, 1.807) is 12.4 Å². The quantitative estimate of drug-likeness (QED) is 0.861. The van der Waals surface area contributed by atoms with E-state index in [0.717, 1.165) is 18.6 Å². The van der Waals surface area contributed by atoms with Crippen LogP contribution in [0.15, 0.2) is 36.9 Å². The number of rotatable bonds is 3. The molecule has 0 radical (unpaired) electrons. The van der Waals surface area contributed by atoms with Crippen molar-refractivity contribution in [2.24, 2.45) is 0 Å². The number of pyridine rings is 1. The summed E-state index contributed by atoms with van der Waals surface area (Å²) >= 11 is 0. The number of aromatic nitrogens is 3. The Hall–Kier alpha value is -2.28. The number of hydrogen-bond acceptors (Lipinski definition) is 6. The lowest BCUT2D eigenvalue weighted by molar-refractivity contribution is -0.0311. The van der Waals surface area contributed by atoms with E-state index in [-0.39, 0.29) is 18.2 Å². The first-order valence-corrected chi connectivity index (χ1v) is 7.74. The minimum Gasteiger partial charge on any atom is -0.486 e. The van der Waals surface area contributed by atoms with Crippen LogP contribution in [0.4, 0.5) is 10.3 Å². The van der Waals surface area contributed by atoms with Crippen LogP contribution in [0.1, 0.15) is 12.8 Å². The number of hydrogen-bond donors (Lipinski definition) is 0. The van der Waals surface area contributed by atoms with Gasteiger partial charge in [0.05, 0.1) is 31.2 Å². The van der Waals surface area contributed by atoms with Gasteiger partial charge in [-0.2, -0.15) is 0 Å². The fraction of sp³-hybridized carbons (Fsp3) is 0.438. The molecule has 0 unspecified atom stereocenters. The zero-order chi connectivity index (χ0) is 15.6. The number of anilines is 1. The van der Waals surface area contributed by atoms with E-state index in [4.69, 9.17) is 9.47 Å².